The molecule has 0 amide bonds. The van der Waals surface area contributed by atoms with E-state index >= 15 is 0 Å². The zero-order chi connectivity index (χ0) is 19.6. The Morgan fingerprint density at radius 2 is 2.19 bits per heavy atom. The Labute approximate surface area is 158 Å². The summed E-state index contributed by atoms with van der Waals surface area (Å²) in [5.74, 6) is -0.376. The maximum Gasteiger partial charge on any atom is 0.308 e. The molecule has 0 unspecified atom stereocenters. The number of sulfonamides is 1. The number of esters is 1. The van der Waals surface area contributed by atoms with Gasteiger partial charge in [0.2, 0.25) is 0 Å². The van der Waals surface area contributed by atoms with Gasteiger partial charge in [-0.25, -0.2) is 13.4 Å². The number of hydrogen-bond acceptors (Lipinski definition) is 8. The van der Waals surface area contributed by atoms with Crippen molar-refractivity contribution < 1.29 is 32.5 Å². The van der Waals surface area contributed by atoms with Crippen molar-refractivity contribution in [3.05, 3.63) is 12.5 Å². The molecule has 3 rings (SSSR count). The van der Waals surface area contributed by atoms with Gasteiger partial charge in [-0.05, 0) is 12.8 Å². The number of carbonyl (C=O) groups is 1. The molecule has 152 valence electrons. The van der Waals surface area contributed by atoms with E-state index in [2.05, 4.69) is 9.72 Å². The first-order chi connectivity index (χ1) is 12.8. The van der Waals surface area contributed by atoms with Crippen molar-refractivity contribution >= 4 is 16.0 Å². The molecule has 3 heterocycles. The van der Waals surface area contributed by atoms with Gasteiger partial charge in [-0.1, -0.05) is 0 Å². The third-order valence-corrected chi connectivity index (χ3v) is 6.59. The smallest absolute Gasteiger partial charge is 0.308 e. The molecule has 0 radical (unpaired) electrons. The zero-order valence-corrected chi connectivity index (χ0v) is 16.2. The van der Waals surface area contributed by atoms with Gasteiger partial charge in [-0.3, -0.25) is 4.79 Å². The molecule has 1 aromatic heterocycles. The maximum atomic E-state index is 13.1. The molecule has 2 saturated heterocycles. The van der Waals surface area contributed by atoms with E-state index in [1.165, 1.54) is 23.9 Å². The van der Waals surface area contributed by atoms with Crippen LogP contribution in [0.25, 0.3) is 0 Å². The summed E-state index contributed by atoms with van der Waals surface area (Å²) >= 11 is 0. The molecule has 0 saturated carbocycles. The van der Waals surface area contributed by atoms with Gasteiger partial charge in [0.05, 0.1) is 57.4 Å². The molecule has 10 nitrogen and oxygen atoms in total. The largest absolute Gasteiger partial charge is 0.469 e. The first-order valence-corrected chi connectivity index (χ1v) is 10.2. The summed E-state index contributed by atoms with van der Waals surface area (Å²) in [4.78, 5) is 15.5. The van der Waals surface area contributed by atoms with E-state index in [0.29, 0.717) is 12.8 Å². The van der Waals surface area contributed by atoms with Crippen LogP contribution in [0.5, 0.6) is 0 Å². The number of aryl methyl sites for hydroxylation is 1. The fraction of sp³-hybridized carbons (Fsp3) is 0.750. The molecule has 2 aliphatic heterocycles. The summed E-state index contributed by atoms with van der Waals surface area (Å²) < 4.78 is 45.2. The van der Waals surface area contributed by atoms with Gasteiger partial charge < -0.3 is 23.9 Å². The van der Waals surface area contributed by atoms with Gasteiger partial charge in [0, 0.05) is 19.8 Å². The Kier molecular flexibility index (Phi) is 6.16. The fourth-order valence-corrected chi connectivity index (χ4v) is 5.17. The van der Waals surface area contributed by atoms with E-state index in [0.717, 1.165) is 0 Å². The van der Waals surface area contributed by atoms with Crippen molar-refractivity contribution in [1.82, 2.24) is 13.9 Å². The number of aromatic nitrogens is 2. The number of methoxy groups -OCH3 is 1. The summed E-state index contributed by atoms with van der Waals surface area (Å²) in [5.41, 5.74) is 0. The maximum absolute atomic E-state index is 13.1. The summed E-state index contributed by atoms with van der Waals surface area (Å²) in [6.07, 6.45) is 2.08. The minimum absolute atomic E-state index is 0.00247. The lowest BCUT2D eigenvalue weighted by atomic mass is 9.96. The molecule has 1 aromatic rings. The summed E-state index contributed by atoms with van der Waals surface area (Å²) in [5, 5.41) is 10.1. The number of β-amino-alcohol motifs (C(OH)–C–C–N with tert-alkyl or cyclic N) is 1. The SMILES string of the molecule is COC(=O)C[C@@H]1CC[C@H]2[C@@H](COC[C@H](O)CN2S(=O)(=O)c2cn(C)cn2)O1. The summed E-state index contributed by atoms with van der Waals surface area (Å²) in [6, 6.07) is -0.513. The number of aliphatic hydroxyl groups excluding tert-OH is 1. The number of fused-ring (bicyclic) bond motifs is 1. The van der Waals surface area contributed by atoms with E-state index in [1.807, 2.05) is 0 Å². The van der Waals surface area contributed by atoms with Crippen molar-refractivity contribution in [3.63, 3.8) is 0 Å². The van der Waals surface area contributed by atoms with Crippen LogP contribution in [0.4, 0.5) is 0 Å². The van der Waals surface area contributed by atoms with Crippen LogP contribution >= 0.6 is 0 Å². The van der Waals surface area contributed by atoms with Crippen LogP contribution in [0.1, 0.15) is 19.3 Å². The highest BCUT2D eigenvalue weighted by atomic mass is 32.2. The van der Waals surface area contributed by atoms with Gasteiger partial charge in [-0.2, -0.15) is 4.31 Å². The Morgan fingerprint density at radius 1 is 1.41 bits per heavy atom. The topological polar surface area (TPSA) is 120 Å². The van der Waals surface area contributed by atoms with Crippen LogP contribution in [-0.4, -0.2) is 84.6 Å². The van der Waals surface area contributed by atoms with Crippen LogP contribution in [-0.2, 0) is 36.1 Å². The van der Waals surface area contributed by atoms with Crippen LogP contribution < -0.4 is 0 Å². The van der Waals surface area contributed by atoms with E-state index in [-0.39, 0.29) is 43.3 Å². The third kappa shape index (κ3) is 4.49. The molecule has 2 aliphatic rings. The lowest BCUT2D eigenvalue weighted by Gasteiger charge is -2.43. The molecule has 27 heavy (non-hydrogen) atoms. The fourth-order valence-electron chi connectivity index (χ4n) is 3.48. The minimum atomic E-state index is -3.92. The quantitative estimate of drug-likeness (QED) is 0.654. The number of rotatable bonds is 4. The molecule has 2 fully saturated rings. The average molecular weight is 403 g/mol. The number of imidazole rings is 1. The van der Waals surface area contributed by atoms with Gasteiger partial charge >= 0.3 is 5.97 Å². The second-order valence-electron chi connectivity index (χ2n) is 6.86. The molecule has 4 atom stereocenters. The molecule has 0 spiro atoms. The molecule has 0 aliphatic carbocycles. The van der Waals surface area contributed by atoms with Crippen molar-refractivity contribution in [3.8, 4) is 0 Å². The lowest BCUT2D eigenvalue weighted by molar-refractivity contribution is -0.157. The van der Waals surface area contributed by atoms with Gasteiger partial charge in [0.1, 0.15) is 0 Å². The molecule has 0 aromatic carbocycles. The second-order valence-corrected chi connectivity index (χ2v) is 8.70. The predicted molar refractivity (Wildman–Crippen MR) is 92.2 cm³/mol. The van der Waals surface area contributed by atoms with E-state index < -0.39 is 28.3 Å². The van der Waals surface area contributed by atoms with Gasteiger partial charge in [0.15, 0.2) is 5.03 Å². The van der Waals surface area contributed by atoms with Crippen LogP contribution in [0, 0.1) is 0 Å². The molecular formula is C16H25N3O7S. The van der Waals surface area contributed by atoms with E-state index in [4.69, 9.17) is 9.47 Å². The predicted octanol–water partition coefficient (Wildman–Crippen LogP) is -0.719. The summed E-state index contributed by atoms with van der Waals surface area (Å²) in [6.45, 7) is 0.0290. The Bertz CT molecular complexity index is 766. The lowest BCUT2D eigenvalue weighted by Crippen LogP contribution is -2.57. The minimum Gasteiger partial charge on any atom is -0.469 e. The molecule has 1 N–H and O–H groups in total. The summed E-state index contributed by atoms with van der Waals surface area (Å²) in [7, 11) is -0.913. The van der Waals surface area contributed by atoms with Crippen LogP contribution in [0.2, 0.25) is 0 Å². The number of ether oxygens (including phenoxy) is 3. The monoisotopic (exact) mass is 403 g/mol. The highest BCUT2D eigenvalue weighted by molar-refractivity contribution is 7.89. The van der Waals surface area contributed by atoms with E-state index in [9.17, 15) is 18.3 Å². The number of aliphatic hydroxyl groups is 1. The van der Waals surface area contributed by atoms with Crippen LogP contribution in [0.15, 0.2) is 17.6 Å². The van der Waals surface area contributed by atoms with Crippen molar-refractivity contribution in [1.29, 1.82) is 0 Å². The molecule has 11 heteroatoms. The number of hydrogen-bond donors (Lipinski definition) is 1. The normalized spacial score (nSPS) is 30.2. The molecule has 0 bridgehead atoms. The Morgan fingerprint density at radius 3 is 2.85 bits per heavy atom. The standard InChI is InChI=1S/C16H25N3O7S/c1-18-7-15(17-10-18)27(22,23)19-6-11(20)8-25-9-14-13(19)4-3-12(26-14)5-16(21)24-2/h7,10-14,20H,3-6,8-9H2,1-2H3/t11-,12+,13+,14-/m1/s1. The van der Waals surface area contributed by atoms with Gasteiger partial charge in [0.25, 0.3) is 10.0 Å². The number of nitrogens with zero attached hydrogens (tertiary/aromatic N) is 3. The Hall–Kier alpha value is -1.53. The first-order valence-electron chi connectivity index (χ1n) is 8.79. The van der Waals surface area contributed by atoms with E-state index in [1.54, 1.807) is 11.6 Å². The average Bonchev–Trinajstić information content (AvgIpc) is 3.06. The third-order valence-electron chi connectivity index (χ3n) is 4.81. The zero-order valence-electron chi connectivity index (χ0n) is 15.4. The molecular weight excluding hydrogens is 378 g/mol. The number of carbonyl (C=O) groups excluding carboxylic acids is 1. The van der Waals surface area contributed by atoms with Crippen LogP contribution in [0.3, 0.4) is 0 Å². The highest BCUT2D eigenvalue weighted by Gasteiger charge is 2.43. The van der Waals surface area contributed by atoms with Crippen molar-refractivity contribution in [2.45, 2.75) is 48.6 Å². The van der Waals surface area contributed by atoms with Crippen molar-refractivity contribution in [2.75, 3.05) is 26.9 Å². The highest BCUT2D eigenvalue weighted by Crippen LogP contribution is 2.31. The van der Waals surface area contributed by atoms with Crippen molar-refractivity contribution in [2.24, 2.45) is 7.05 Å². The Balaban J connectivity index is 1.84. The van der Waals surface area contributed by atoms with Gasteiger partial charge in [-0.15, -0.1) is 0 Å². The second kappa shape index (κ2) is 8.23. The first kappa shape index (κ1) is 20.2.